The number of ether oxygens (including phenoxy) is 1. The molecule has 0 N–H and O–H groups in total. The molecule has 1 aromatic heterocycles. The number of amides is 2. The third-order valence-corrected chi connectivity index (χ3v) is 6.66. The standard InChI is InChI=1S/C26H24N4O4/c31-25-22-23(18-10-12-27-13-11-18)30(21-4-2-1-3-5-21)34-24(22)26(32)29(25)20-8-6-19(7-9-20)28-14-16-33-17-15-28/h1-13,22-24H,14-17H2/t22-,23-,24+/m1/s1. The van der Waals surface area contributed by atoms with Crippen molar-refractivity contribution in [1.82, 2.24) is 4.98 Å². The minimum absolute atomic E-state index is 0.255. The van der Waals surface area contributed by atoms with Crippen molar-refractivity contribution in [3.8, 4) is 0 Å². The molecule has 0 unspecified atom stereocenters. The maximum atomic E-state index is 13.7. The van der Waals surface area contributed by atoms with Crippen molar-refractivity contribution in [2.45, 2.75) is 12.1 Å². The number of carbonyl (C=O) groups excluding carboxylic acids is 2. The molecule has 0 spiro atoms. The Labute approximate surface area is 197 Å². The average molecular weight is 457 g/mol. The molecule has 0 saturated carbocycles. The number of pyridine rings is 1. The maximum absolute atomic E-state index is 13.7. The quantitative estimate of drug-likeness (QED) is 0.559. The van der Waals surface area contributed by atoms with Crippen LogP contribution < -0.4 is 14.9 Å². The van der Waals surface area contributed by atoms with E-state index in [-0.39, 0.29) is 11.8 Å². The second kappa shape index (κ2) is 8.55. The summed E-state index contributed by atoms with van der Waals surface area (Å²) in [5.74, 6) is -1.25. The molecule has 0 aliphatic carbocycles. The van der Waals surface area contributed by atoms with E-state index in [1.54, 1.807) is 17.5 Å². The molecule has 2 aromatic carbocycles. The first-order valence-electron chi connectivity index (χ1n) is 11.4. The van der Waals surface area contributed by atoms with Crippen LogP contribution in [-0.4, -0.2) is 49.2 Å². The van der Waals surface area contributed by atoms with Gasteiger partial charge in [0.25, 0.3) is 5.91 Å². The van der Waals surface area contributed by atoms with Gasteiger partial charge in [-0.25, -0.2) is 9.96 Å². The first-order chi connectivity index (χ1) is 16.7. The zero-order chi connectivity index (χ0) is 23.1. The highest BCUT2D eigenvalue weighted by molar-refractivity contribution is 6.24. The molecule has 3 aliphatic heterocycles. The van der Waals surface area contributed by atoms with E-state index in [1.807, 2.05) is 66.7 Å². The fraction of sp³-hybridized carbons (Fsp3) is 0.269. The fourth-order valence-corrected chi connectivity index (χ4v) is 5.00. The zero-order valence-corrected chi connectivity index (χ0v) is 18.5. The van der Waals surface area contributed by atoms with Crippen LogP contribution in [0.5, 0.6) is 0 Å². The van der Waals surface area contributed by atoms with Crippen molar-refractivity contribution < 1.29 is 19.2 Å². The van der Waals surface area contributed by atoms with Crippen molar-refractivity contribution in [2.24, 2.45) is 5.92 Å². The molecule has 172 valence electrons. The zero-order valence-electron chi connectivity index (χ0n) is 18.5. The van der Waals surface area contributed by atoms with Gasteiger partial charge in [-0.05, 0) is 54.1 Å². The third kappa shape index (κ3) is 3.43. The highest BCUT2D eigenvalue weighted by Crippen LogP contribution is 2.47. The summed E-state index contributed by atoms with van der Waals surface area (Å²) in [5.41, 5.74) is 3.27. The van der Waals surface area contributed by atoms with Crippen LogP contribution in [0.15, 0.2) is 79.1 Å². The number of imide groups is 1. The van der Waals surface area contributed by atoms with Crippen LogP contribution in [0, 0.1) is 5.92 Å². The molecule has 0 radical (unpaired) electrons. The lowest BCUT2D eigenvalue weighted by Gasteiger charge is -2.30. The predicted molar refractivity (Wildman–Crippen MR) is 126 cm³/mol. The van der Waals surface area contributed by atoms with Gasteiger partial charge in [0.2, 0.25) is 5.91 Å². The van der Waals surface area contributed by atoms with Gasteiger partial charge >= 0.3 is 0 Å². The Bertz CT molecular complexity index is 1180. The predicted octanol–water partition coefficient (Wildman–Crippen LogP) is 2.97. The Kier molecular flexibility index (Phi) is 5.24. The summed E-state index contributed by atoms with van der Waals surface area (Å²) in [6.07, 6.45) is 2.49. The first-order valence-corrected chi connectivity index (χ1v) is 11.4. The first kappa shape index (κ1) is 20.8. The number of rotatable bonds is 4. The number of anilines is 3. The normalized spacial score (nSPS) is 24.6. The van der Waals surface area contributed by atoms with Crippen molar-refractivity contribution in [1.29, 1.82) is 0 Å². The Morgan fingerprint density at radius 1 is 0.765 bits per heavy atom. The molecule has 4 heterocycles. The number of fused-ring (bicyclic) bond motifs is 1. The molecule has 3 aromatic rings. The molecule has 3 atom stereocenters. The smallest absolute Gasteiger partial charge is 0.266 e. The summed E-state index contributed by atoms with van der Waals surface area (Å²) < 4.78 is 5.42. The van der Waals surface area contributed by atoms with Gasteiger partial charge in [0.05, 0.1) is 30.6 Å². The molecular formula is C26H24N4O4. The van der Waals surface area contributed by atoms with Crippen molar-refractivity contribution >= 4 is 28.9 Å². The topological polar surface area (TPSA) is 75.2 Å². The van der Waals surface area contributed by atoms with Crippen LogP contribution in [0.2, 0.25) is 0 Å². The van der Waals surface area contributed by atoms with Gasteiger partial charge in [0.15, 0.2) is 6.10 Å². The Balaban J connectivity index is 1.32. The van der Waals surface area contributed by atoms with Crippen molar-refractivity contribution in [3.05, 3.63) is 84.7 Å². The summed E-state index contributed by atoms with van der Waals surface area (Å²) in [4.78, 5) is 40.9. The van der Waals surface area contributed by atoms with Crippen LogP contribution in [0.4, 0.5) is 17.1 Å². The maximum Gasteiger partial charge on any atom is 0.266 e. The molecule has 3 aliphatic rings. The van der Waals surface area contributed by atoms with E-state index >= 15 is 0 Å². The van der Waals surface area contributed by atoms with E-state index in [4.69, 9.17) is 9.57 Å². The Morgan fingerprint density at radius 3 is 2.15 bits per heavy atom. The molecular weight excluding hydrogens is 432 g/mol. The monoisotopic (exact) mass is 456 g/mol. The lowest BCUT2D eigenvalue weighted by atomic mass is 9.91. The number of nitrogens with zero attached hydrogens (tertiary/aromatic N) is 4. The molecule has 3 fully saturated rings. The number of hydrogen-bond acceptors (Lipinski definition) is 7. The molecule has 2 amide bonds. The number of carbonyl (C=O) groups is 2. The van der Waals surface area contributed by atoms with Crippen molar-refractivity contribution in [2.75, 3.05) is 41.2 Å². The molecule has 8 heteroatoms. The molecule has 34 heavy (non-hydrogen) atoms. The van der Waals surface area contributed by atoms with Gasteiger partial charge in [0.1, 0.15) is 5.92 Å². The van der Waals surface area contributed by atoms with E-state index in [2.05, 4.69) is 9.88 Å². The molecule has 6 rings (SSSR count). The Morgan fingerprint density at radius 2 is 1.44 bits per heavy atom. The van der Waals surface area contributed by atoms with E-state index in [9.17, 15) is 9.59 Å². The number of morpholine rings is 1. The summed E-state index contributed by atoms with van der Waals surface area (Å²) in [6, 6.07) is 20.4. The number of para-hydroxylation sites is 1. The van der Waals surface area contributed by atoms with E-state index in [0.29, 0.717) is 18.9 Å². The number of aromatic nitrogens is 1. The minimum Gasteiger partial charge on any atom is -0.378 e. The number of hydrogen-bond donors (Lipinski definition) is 0. The lowest BCUT2D eigenvalue weighted by molar-refractivity contribution is -0.126. The van der Waals surface area contributed by atoms with E-state index in [1.165, 1.54) is 4.90 Å². The molecule has 0 bridgehead atoms. The van der Waals surface area contributed by atoms with Crippen LogP contribution in [0.25, 0.3) is 0 Å². The highest BCUT2D eigenvalue weighted by Gasteiger charge is 2.60. The van der Waals surface area contributed by atoms with Gasteiger partial charge in [-0.3, -0.25) is 19.4 Å². The SMILES string of the molecule is O=C1[C@H]2[C@H](ON(c3ccccc3)[C@@H]2c2ccncc2)C(=O)N1c1ccc(N2CCOCC2)cc1. The molecule has 8 nitrogen and oxygen atoms in total. The summed E-state index contributed by atoms with van der Waals surface area (Å²) in [6.45, 7) is 3.03. The number of hydroxylamine groups is 1. The summed E-state index contributed by atoms with van der Waals surface area (Å²) >= 11 is 0. The van der Waals surface area contributed by atoms with Crippen LogP contribution in [0.3, 0.4) is 0 Å². The van der Waals surface area contributed by atoms with Gasteiger partial charge in [-0.2, -0.15) is 0 Å². The average Bonchev–Trinajstić information content (AvgIpc) is 3.41. The van der Waals surface area contributed by atoms with Gasteiger partial charge in [-0.15, -0.1) is 0 Å². The van der Waals surface area contributed by atoms with Crippen LogP contribution in [-0.2, 0) is 19.2 Å². The summed E-state index contributed by atoms with van der Waals surface area (Å²) in [7, 11) is 0. The van der Waals surface area contributed by atoms with Gasteiger partial charge in [0, 0.05) is 31.2 Å². The molecule has 3 saturated heterocycles. The Hall–Kier alpha value is -3.75. The van der Waals surface area contributed by atoms with E-state index in [0.717, 1.165) is 30.0 Å². The summed E-state index contributed by atoms with van der Waals surface area (Å²) in [5, 5.41) is 1.69. The number of benzene rings is 2. The lowest BCUT2D eigenvalue weighted by Crippen LogP contribution is -2.38. The van der Waals surface area contributed by atoms with Gasteiger partial charge < -0.3 is 9.64 Å². The van der Waals surface area contributed by atoms with E-state index < -0.39 is 18.1 Å². The van der Waals surface area contributed by atoms with Gasteiger partial charge in [-0.1, -0.05) is 18.2 Å². The largest absolute Gasteiger partial charge is 0.378 e. The highest BCUT2D eigenvalue weighted by atomic mass is 16.7. The van der Waals surface area contributed by atoms with Crippen molar-refractivity contribution in [3.63, 3.8) is 0 Å². The van der Waals surface area contributed by atoms with Crippen LogP contribution in [0.1, 0.15) is 11.6 Å². The van der Waals surface area contributed by atoms with Crippen LogP contribution >= 0.6 is 0 Å². The fourth-order valence-electron chi connectivity index (χ4n) is 5.00. The second-order valence-electron chi connectivity index (χ2n) is 8.57. The second-order valence-corrected chi connectivity index (χ2v) is 8.57. The minimum atomic E-state index is -0.884. The third-order valence-electron chi connectivity index (χ3n) is 6.66.